The van der Waals surface area contributed by atoms with Gasteiger partial charge in [0.2, 0.25) is 0 Å². The number of nitrogens with one attached hydrogen (secondary N) is 1. The predicted octanol–water partition coefficient (Wildman–Crippen LogP) is 2.62. The molecule has 1 spiro atoms. The molecule has 0 aromatic heterocycles. The number of anilines is 1. The monoisotopic (exact) mass is 343 g/mol. The van der Waals surface area contributed by atoms with E-state index in [0.717, 1.165) is 24.9 Å². The van der Waals surface area contributed by atoms with E-state index in [-0.39, 0.29) is 17.6 Å². The van der Waals surface area contributed by atoms with Crippen LogP contribution < -0.4 is 5.32 Å². The Morgan fingerprint density at radius 3 is 2.96 bits per heavy atom. The second-order valence-corrected chi connectivity index (χ2v) is 7.53. The van der Waals surface area contributed by atoms with Crippen molar-refractivity contribution in [1.82, 2.24) is 4.90 Å². The average molecular weight is 343 g/mol. The van der Waals surface area contributed by atoms with Crippen LogP contribution in [0.4, 0.5) is 10.1 Å². The zero-order valence-corrected chi connectivity index (χ0v) is 14.1. The summed E-state index contributed by atoms with van der Waals surface area (Å²) in [5, 5.41) is 12.4. The highest BCUT2D eigenvalue weighted by atomic mass is 19.1. The minimum atomic E-state index is -1.63. The molecule has 1 aliphatic carbocycles. The van der Waals surface area contributed by atoms with Gasteiger partial charge in [-0.2, -0.15) is 5.26 Å². The molecule has 2 saturated heterocycles. The molecule has 1 N–H and O–H groups in total. The molecule has 5 nitrogen and oxygen atoms in total. The van der Waals surface area contributed by atoms with E-state index in [0.29, 0.717) is 38.1 Å². The van der Waals surface area contributed by atoms with Gasteiger partial charge in [0.25, 0.3) is 5.91 Å². The van der Waals surface area contributed by atoms with Crippen LogP contribution >= 0.6 is 0 Å². The highest BCUT2D eigenvalue weighted by Crippen LogP contribution is 2.41. The highest BCUT2D eigenvalue weighted by Gasteiger charge is 2.52. The maximum atomic E-state index is 14.4. The molecule has 0 radical (unpaired) electrons. The lowest BCUT2D eigenvalue weighted by molar-refractivity contribution is -0.149. The number of halogens is 1. The zero-order chi connectivity index (χ0) is 17.5. The van der Waals surface area contributed by atoms with Gasteiger partial charge in [-0.05, 0) is 43.9 Å². The summed E-state index contributed by atoms with van der Waals surface area (Å²) < 4.78 is 20.4. The molecule has 3 fully saturated rings. The van der Waals surface area contributed by atoms with Crippen LogP contribution in [0.2, 0.25) is 0 Å². The average Bonchev–Trinajstić information content (AvgIpc) is 3.19. The van der Waals surface area contributed by atoms with Gasteiger partial charge in [0.15, 0.2) is 5.67 Å². The maximum absolute atomic E-state index is 14.4. The van der Waals surface area contributed by atoms with Crippen LogP contribution in [0.1, 0.15) is 37.7 Å². The van der Waals surface area contributed by atoms with Crippen LogP contribution in [0.3, 0.4) is 0 Å². The van der Waals surface area contributed by atoms with Gasteiger partial charge in [0.1, 0.15) is 0 Å². The van der Waals surface area contributed by atoms with E-state index in [1.807, 2.05) is 18.2 Å². The Labute approximate surface area is 146 Å². The third-order valence-corrected chi connectivity index (χ3v) is 5.70. The number of ether oxygens (including phenoxy) is 1. The molecule has 1 amide bonds. The quantitative estimate of drug-likeness (QED) is 0.916. The SMILES string of the molecule is N#Cc1cccc(NC2COC3(CCN(C(=O)C4(F)CCC4)C3)C2)c1. The molecule has 0 bridgehead atoms. The van der Waals surface area contributed by atoms with E-state index in [9.17, 15) is 9.18 Å². The summed E-state index contributed by atoms with van der Waals surface area (Å²) in [4.78, 5) is 14.0. The van der Waals surface area contributed by atoms with Gasteiger partial charge in [-0.1, -0.05) is 6.07 Å². The Balaban J connectivity index is 1.37. The minimum absolute atomic E-state index is 0.132. The van der Waals surface area contributed by atoms with E-state index >= 15 is 0 Å². The molecule has 2 atom stereocenters. The van der Waals surface area contributed by atoms with Crippen molar-refractivity contribution in [3.8, 4) is 6.07 Å². The molecule has 132 valence electrons. The molecular weight excluding hydrogens is 321 g/mol. The second kappa shape index (κ2) is 5.99. The standard InChI is InChI=1S/C19H22FN3O2/c20-19(5-2-6-19)17(24)23-8-7-18(13-23)10-16(12-25-18)22-15-4-1-3-14(9-15)11-21/h1,3-4,9,16,22H,2,5-8,10,12-13H2. The molecule has 1 aromatic rings. The third-order valence-electron chi connectivity index (χ3n) is 5.70. The van der Waals surface area contributed by atoms with Gasteiger partial charge >= 0.3 is 0 Å². The Hall–Kier alpha value is -2.13. The molecule has 2 heterocycles. The van der Waals surface area contributed by atoms with Crippen molar-refractivity contribution in [2.24, 2.45) is 0 Å². The lowest BCUT2D eigenvalue weighted by Crippen LogP contribution is -2.50. The van der Waals surface area contributed by atoms with Gasteiger partial charge in [0.05, 0.1) is 29.9 Å². The number of carbonyl (C=O) groups excluding carboxylic acids is 1. The van der Waals surface area contributed by atoms with Crippen molar-refractivity contribution in [2.45, 2.75) is 49.4 Å². The largest absolute Gasteiger partial charge is 0.380 e. The number of nitriles is 1. The molecule has 6 heteroatoms. The van der Waals surface area contributed by atoms with Crippen LogP contribution in [0.25, 0.3) is 0 Å². The van der Waals surface area contributed by atoms with Crippen LogP contribution in [0, 0.1) is 11.3 Å². The topological polar surface area (TPSA) is 65.4 Å². The van der Waals surface area contributed by atoms with Crippen LogP contribution in [-0.4, -0.2) is 47.8 Å². The first-order valence-electron chi connectivity index (χ1n) is 8.91. The number of hydrogen-bond donors (Lipinski definition) is 1. The molecular formula is C19H22FN3O2. The zero-order valence-electron chi connectivity index (χ0n) is 14.1. The van der Waals surface area contributed by atoms with Crippen molar-refractivity contribution in [3.05, 3.63) is 29.8 Å². The lowest BCUT2D eigenvalue weighted by atomic mass is 9.81. The molecule has 25 heavy (non-hydrogen) atoms. The molecule has 2 aliphatic heterocycles. The molecule has 2 unspecified atom stereocenters. The Bertz CT molecular complexity index is 728. The van der Waals surface area contributed by atoms with Crippen molar-refractivity contribution in [3.63, 3.8) is 0 Å². The predicted molar refractivity (Wildman–Crippen MR) is 90.8 cm³/mol. The van der Waals surface area contributed by atoms with Crippen molar-refractivity contribution in [2.75, 3.05) is 25.0 Å². The van der Waals surface area contributed by atoms with Crippen molar-refractivity contribution < 1.29 is 13.9 Å². The molecule has 3 aliphatic rings. The number of likely N-dealkylation sites (tertiary alicyclic amines) is 1. The van der Waals surface area contributed by atoms with E-state index < -0.39 is 5.67 Å². The van der Waals surface area contributed by atoms with Gasteiger partial charge in [-0.3, -0.25) is 4.79 Å². The fraction of sp³-hybridized carbons (Fsp3) is 0.579. The van der Waals surface area contributed by atoms with Crippen LogP contribution in [0.5, 0.6) is 0 Å². The fourth-order valence-electron chi connectivity index (χ4n) is 4.14. The fourth-order valence-corrected chi connectivity index (χ4v) is 4.14. The Morgan fingerprint density at radius 2 is 2.24 bits per heavy atom. The lowest BCUT2D eigenvalue weighted by Gasteiger charge is -2.36. The first kappa shape index (κ1) is 16.3. The Morgan fingerprint density at radius 1 is 1.40 bits per heavy atom. The summed E-state index contributed by atoms with van der Waals surface area (Å²) in [5.41, 5.74) is -0.474. The van der Waals surface area contributed by atoms with Crippen LogP contribution in [0.15, 0.2) is 24.3 Å². The normalized spacial score (nSPS) is 30.1. The van der Waals surface area contributed by atoms with E-state index in [1.165, 1.54) is 0 Å². The summed E-state index contributed by atoms with van der Waals surface area (Å²) in [5.74, 6) is -0.350. The smallest absolute Gasteiger partial charge is 0.260 e. The summed E-state index contributed by atoms with van der Waals surface area (Å²) in [6.07, 6.45) is 3.05. The number of hydrogen-bond acceptors (Lipinski definition) is 4. The van der Waals surface area contributed by atoms with Gasteiger partial charge < -0.3 is 15.0 Å². The number of rotatable bonds is 3. The van der Waals surface area contributed by atoms with Crippen molar-refractivity contribution >= 4 is 11.6 Å². The number of nitrogens with zero attached hydrogens (tertiary/aromatic N) is 2. The van der Waals surface area contributed by atoms with Gasteiger partial charge in [-0.15, -0.1) is 0 Å². The summed E-state index contributed by atoms with van der Waals surface area (Å²) >= 11 is 0. The summed E-state index contributed by atoms with van der Waals surface area (Å²) in [6, 6.07) is 9.63. The first-order chi connectivity index (χ1) is 12.0. The maximum Gasteiger partial charge on any atom is 0.260 e. The second-order valence-electron chi connectivity index (χ2n) is 7.53. The van der Waals surface area contributed by atoms with Gasteiger partial charge in [0, 0.05) is 25.2 Å². The van der Waals surface area contributed by atoms with E-state index in [4.69, 9.17) is 10.00 Å². The number of benzene rings is 1. The highest BCUT2D eigenvalue weighted by molar-refractivity contribution is 5.86. The molecule has 1 aromatic carbocycles. The first-order valence-corrected chi connectivity index (χ1v) is 8.91. The van der Waals surface area contributed by atoms with Gasteiger partial charge in [-0.25, -0.2) is 4.39 Å². The van der Waals surface area contributed by atoms with Crippen molar-refractivity contribution in [1.29, 1.82) is 5.26 Å². The van der Waals surface area contributed by atoms with E-state index in [1.54, 1.807) is 11.0 Å². The summed E-state index contributed by atoms with van der Waals surface area (Å²) in [7, 11) is 0. The van der Waals surface area contributed by atoms with Crippen LogP contribution in [-0.2, 0) is 9.53 Å². The third kappa shape index (κ3) is 2.98. The number of amides is 1. The summed E-state index contributed by atoms with van der Waals surface area (Å²) in [6.45, 7) is 1.61. The minimum Gasteiger partial charge on any atom is -0.380 e. The molecule has 1 saturated carbocycles. The van der Waals surface area contributed by atoms with E-state index in [2.05, 4.69) is 11.4 Å². The number of carbonyl (C=O) groups is 1. The number of alkyl halides is 1. The Kier molecular flexibility index (Phi) is 3.92. The molecule has 4 rings (SSSR count).